The minimum atomic E-state index is -0.503. The third-order valence-corrected chi connectivity index (χ3v) is 3.75. The van der Waals surface area contributed by atoms with Crippen LogP contribution < -0.4 is 10.1 Å². The van der Waals surface area contributed by atoms with Crippen molar-refractivity contribution in [1.82, 2.24) is 0 Å². The Labute approximate surface area is 138 Å². The summed E-state index contributed by atoms with van der Waals surface area (Å²) in [4.78, 5) is 12.5. The Morgan fingerprint density at radius 2 is 1.65 bits per heavy atom. The molecule has 23 heavy (non-hydrogen) atoms. The van der Waals surface area contributed by atoms with Crippen LogP contribution in [0.2, 0.25) is 0 Å². The van der Waals surface area contributed by atoms with E-state index in [0.717, 1.165) is 28.1 Å². The second-order valence-corrected chi connectivity index (χ2v) is 6.15. The molecule has 3 heteroatoms. The monoisotopic (exact) mass is 311 g/mol. The zero-order valence-corrected chi connectivity index (χ0v) is 14.6. The number of hydrogen-bond acceptors (Lipinski definition) is 2. The summed E-state index contributed by atoms with van der Waals surface area (Å²) >= 11 is 0. The SMILES string of the molecule is CC[C@H](Oc1ccc(C)cc1C)C(=O)Nc1cc(C)cc(C)c1. The molecule has 0 fully saturated rings. The number of carbonyl (C=O) groups excluding carboxylic acids is 1. The first-order valence-electron chi connectivity index (χ1n) is 8.02. The van der Waals surface area contributed by atoms with E-state index in [-0.39, 0.29) is 5.91 Å². The van der Waals surface area contributed by atoms with E-state index in [2.05, 4.69) is 17.4 Å². The molecule has 0 saturated heterocycles. The summed E-state index contributed by atoms with van der Waals surface area (Å²) in [7, 11) is 0. The van der Waals surface area contributed by atoms with E-state index in [9.17, 15) is 4.79 Å². The number of benzene rings is 2. The van der Waals surface area contributed by atoms with Gasteiger partial charge in [0, 0.05) is 5.69 Å². The lowest BCUT2D eigenvalue weighted by Crippen LogP contribution is -2.32. The molecule has 0 aliphatic rings. The average molecular weight is 311 g/mol. The van der Waals surface area contributed by atoms with Crippen LogP contribution in [0.25, 0.3) is 0 Å². The predicted octanol–water partition coefficient (Wildman–Crippen LogP) is 4.72. The molecule has 0 radical (unpaired) electrons. The number of hydrogen-bond donors (Lipinski definition) is 1. The first-order chi connectivity index (χ1) is 10.9. The fourth-order valence-corrected chi connectivity index (χ4v) is 2.68. The van der Waals surface area contributed by atoms with Crippen LogP contribution in [-0.2, 0) is 4.79 Å². The van der Waals surface area contributed by atoms with E-state index in [4.69, 9.17) is 4.74 Å². The Morgan fingerprint density at radius 1 is 1.00 bits per heavy atom. The highest BCUT2D eigenvalue weighted by molar-refractivity contribution is 5.94. The van der Waals surface area contributed by atoms with Gasteiger partial charge in [-0.2, -0.15) is 0 Å². The maximum Gasteiger partial charge on any atom is 0.265 e. The number of amides is 1. The van der Waals surface area contributed by atoms with Crippen molar-refractivity contribution in [2.24, 2.45) is 0 Å². The molecule has 2 aromatic rings. The van der Waals surface area contributed by atoms with E-state index in [1.165, 1.54) is 5.56 Å². The van der Waals surface area contributed by atoms with Crippen molar-refractivity contribution in [2.45, 2.75) is 47.1 Å². The van der Waals surface area contributed by atoms with Crippen LogP contribution in [0.5, 0.6) is 5.75 Å². The molecule has 0 aliphatic carbocycles. The minimum Gasteiger partial charge on any atom is -0.480 e. The Bertz CT molecular complexity index is 687. The normalized spacial score (nSPS) is 11.9. The second-order valence-electron chi connectivity index (χ2n) is 6.15. The molecule has 122 valence electrons. The van der Waals surface area contributed by atoms with Gasteiger partial charge in [0.2, 0.25) is 0 Å². The summed E-state index contributed by atoms with van der Waals surface area (Å²) in [6, 6.07) is 12.0. The second kappa shape index (κ2) is 7.32. The fourth-order valence-electron chi connectivity index (χ4n) is 2.68. The number of anilines is 1. The van der Waals surface area contributed by atoms with Crippen molar-refractivity contribution in [3.63, 3.8) is 0 Å². The van der Waals surface area contributed by atoms with Gasteiger partial charge in [0.1, 0.15) is 5.75 Å². The Kier molecular flexibility index (Phi) is 5.43. The van der Waals surface area contributed by atoms with Crippen LogP contribution in [0.15, 0.2) is 36.4 Å². The number of nitrogens with one attached hydrogen (secondary N) is 1. The Balaban J connectivity index is 2.12. The van der Waals surface area contributed by atoms with E-state index in [0.29, 0.717) is 6.42 Å². The average Bonchev–Trinajstić information content (AvgIpc) is 2.45. The maximum absolute atomic E-state index is 12.5. The molecule has 0 spiro atoms. The zero-order valence-electron chi connectivity index (χ0n) is 14.6. The van der Waals surface area contributed by atoms with Crippen LogP contribution in [0.1, 0.15) is 35.6 Å². The van der Waals surface area contributed by atoms with Crippen LogP contribution in [-0.4, -0.2) is 12.0 Å². The molecular weight excluding hydrogens is 286 g/mol. The molecule has 0 saturated carbocycles. The molecule has 0 bridgehead atoms. The maximum atomic E-state index is 12.5. The molecule has 0 aromatic heterocycles. The lowest BCUT2D eigenvalue weighted by molar-refractivity contribution is -0.122. The molecule has 2 aromatic carbocycles. The number of rotatable bonds is 5. The summed E-state index contributed by atoms with van der Waals surface area (Å²) in [5.41, 5.74) is 5.30. The largest absolute Gasteiger partial charge is 0.480 e. The molecule has 0 heterocycles. The van der Waals surface area contributed by atoms with Crippen molar-refractivity contribution in [3.8, 4) is 5.75 Å². The van der Waals surface area contributed by atoms with Gasteiger partial charge in [-0.3, -0.25) is 4.79 Å². The number of ether oxygens (including phenoxy) is 1. The molecular formula is C20H25NO2. The van der Waals surface area contributed by atoms with E-state index in [1.54, 1.807) is 0 Å². The third kappa shape index (κ3) is 4.59. The van der Waals surface area contributed by atoms with Gasteiger partial charge in [0.25, 0.3) is 5.91 Å². The van der Waals surface area contributed by atoms with Crippen LogP contribution >= 0.6 is 0 Å². The van der Waals surface area contributed by atoms with E-state index < -0.39 is 6.10 Å². The molecule has 1 amide bonds. The van der Waals surface area contributed by atoms with Crippen molar-refractivity contribution in [1.29, 1.82) is 0 Å². The minimum absolute atomic E-state index is 0.113. The number of carbonyl (C=O) groups is 1. The molecule has 1 N–H and O–H groups in total. The molecule has 0 unspecified atom stereocenters. The lowest BCUT2D eigenvalue weighted by atomic mass is 10.1. The van der Waals surface area contributed by atoms with Gasteiger partial charge in [-0.05, 0) is 69.0 Å². The summed E-state index contributed by atoms with van der Waals surface area (Å²) in [6.07, 6.45) is 0.112. The molecule has 0 aliphatic heterocycles. The molecule has 1 atom stereocenters. The smallest absolute Gasteiger partial charge is 0.265 e. The summed E-state index contributed by atoms with van der Waals surface area (Å²) < 4.78 is 5.93. The number of aryl methyl sites for hydroxylation is 4. The Hall–Kier alpha value is -2.29. The third-order valence-electron chi connectivity index (χ3n) is 3.75. The van der Waals surface area contributed by atoms with E-state index >= 15 is 0 Å². The highest BCUT2D eigenvalue weighted by Gasteiger charge is 2.19. The van der Waals surface area contributed by atoms with Gasteiger partial charge in [-0.1, -0.05) is 30.7 Å². The van der Waals surface area contributed by atoms with Gasteiger partial charge >= 0.3 is 0 Å². The first kappa shape index (κ1) is 17.1. The van der Waals surface area contributed by atoms with Crippen molar-refractivity contribution in [3.05, 3.63) is 58.7 Å². The Morgan fingerprint density at radius 3 is 2.22 bits per heavy atom. The van der Waals surface area contributed by atoms with Gasteiger partial charge in [-0.25, -0.2) is 0 Å². The van der Waals surface area contributed by atoms with Crippen molar-refractivity contribution >= 4 is 11.6 Å². The molecule has 2 rings (SSSR count). The highest BCUT2D eigenvalue weighted by Crippen LogP contribution is 2.22. The van der Waals surface area contributed by atoms with E-state index in [1.807, 2.05) is 58.9 Å². The van der Waals surface area contributed by atoms with Gasteiger partial charge < -0.3 is 10.1 Å². The highest BCUT2D eigenvalue weighted by atomic mass is 16.5. The predicted molar refractivity (Wildman–Crippen MR) is 95.2 cm³/mol. The summed E-state index contributed by atoms with van der Waals surface area (Å²) in [5.74, 6) is 0.649. The molecule has 3 nitrogen and oxygen atoms in total. The summed E-state index contributed by atoms with van der Waals surface area (Å²) in [6.45, 7) is 10.0. The van der Waals surface area contributed by atoms with Crippen LogP contribution in [0.4, 0.5) is 5.69 Å². The lowest BCUT2D eigenvalue weighted by Gasteiger charge is -2.19. The first-order valence-corrected chi connectivity index (χ1v) is 8.02. The van der Waals surface area contributed by atoms with Gasteiger partial charge in [0.15, 0.2) is 6.10 Å². The van der Waals surface area contributed by atoms with Gasteiger partial charge in [0.05, 0.1) is 0 Å². The fraction of sp³-hybridized carbons (Fsp3) is 0.350. The van der Waals surface area contributed by atoms with Crippen LogP contribution in [0, 0.1) is 27.7 Å². The quantitative estimate of drug-likeness (QED) is 0.868. The summed E-state index contributed by atoms with van der Waals surface area (Å²) in [5, 5.41) is 2.96. The topological polar surface area (TPSA) is 38.3 Å². The van der Waals surface area contributed by atoms with Crippen molar-refractivity contribution in [2.75, 3.05) is 5.32 Å². The zero-order chi connectivity index (χ0) is 17.0. The van der Waals surface area contributed by atoms with Crippen molar-refractivity contribution < 1.29 is 9.53 Å². The standard InChI is InChI=1S/C20H25NO2/c1-6-18(23-19-8-7-13(2)10-16(19)5)20(22)21-17-11-14(3)9-15(4)12-17/h7-12,18H,6H2,1-5H3,(H,21,22)/t18-/m0/s1. The van der Waals surface area contributed by atoms with Crippen LogP contribution in [0.3, 0.4) is 0 Å². The van der Waals surface area contributed by atoms with Gasteiger partial charge in [-0.15, -0.1) is 0 Å².